The van der Waals surface area contributed by atoms with Crippen LogP contribution in [0.4, 0.5) is 27.6 Å². The summed E-state index contributed by atoms with van der Waals surface area (Å²) in [5.74, 6) is -2.99. The fraction of sp³-hybridized carbons (Fsp3) is 0.278. The Hall–Kier alpha value is -2.44. The molecule has 0 fully saturated rings. The first-order valence-electron chi connectivity index (χ1n) is 7.54. The summed E-state index contributed by atoms with van der Waals surface area (Å²) >= 11 is 0. The monoisotopic (exact) mass is 355 g/mol. The molecular weight excluding hydrogens is 341 g/mol. The van der Waals surface area contributed by atoms with Crippen LogP contribution >= 0.6 is 0 Å². The number of rotatable bonds is 3. The average molecular weight is 355 g/mol. The molecule has 0 radical (unpaired) electrons. The maximum Gasteiger partial charge on any atom is 0.390 e. The van der Waals surface area contributed by atoms with Gasteiger partial charge in [0.05, 0.1) is 24.1 Å². The van der Waals surface area contributed by atoms with Crippen LogP contribution in [0, 0.1) is 11.6 Å². The number of alkyl halides is 3. The second kappa shape index (κ2) is 5.82. The molecule has 132 valence electrons. The van der Waals surface area contributed by atoms with Gasteiger partial charge in [0.2, 0.25) is 5.91 Å². The zero-order valence-electron chi connectivity index (χ0n) is 13.2. The number of halogens is 5. The molecule has 1 amide bonds. The van der Waals surface area contributed by atoms with Crippen molar-refractivity contribution in [3.8, 4) is 0 Å². The van der Waals surface area contributed by atoms with Crippen molar-refractivity contribution in [1.82, 2.24) is 0 Å². The largest absolute Gasteiger partial charge is 0.390 e. The number of fused-ring (bicyclic) bond motifs is 1. The molecule has 0 saturated carbocycles. The van der Waals surface area contributed by atoms with Crippen LogP contribution in [0.3, 0.4) is 0 Å². The van der Waals surface area contributed by atoms with Crippen molar-refractivity contribution >= 4 is 11.6 Å². The van der Waals surface area contributed by atoms with Crippen molar-refractivity contribution in [2.75, 3.05) is 4.90 Å². The highest BCUT2D eigenvalue weighted by atomic mass is 19.4. The van der Waals surface area contributed by atoms with E-state index in [0.29, 0.717) is 11.6 Å². The molecular formula is C18H14F5NO. The minimum atomic E-state index is -4.68. The first kappa shape index (κ1) is 17.4. The highest BCUT2D eigenvalue weighted by Gasteiger charge is 2.54. The quantitative estimate of drug-likeness (QED) is 0.730. The van der Waals surface area contributed by atoms with Gasteiger partial charge in [-0.05, 0) is 18.6 Å². The fourth-order valence-corrected chi connectivity index (χ4v) is 3.32. The zero-order valence-corrected chi connectivity index (χ0v) is 13.2. The van der Waals surface area contributed by atoms with Crippen molar-refractivity contribution < 1.29 is 26.7 Å². The van der Waals surface area contributed by atoms with Gasteiger partial charge in [-0.25, -0.2) is 8.78 Å². The molecule has 0 saturated heterocycles. The van der Waals surface area contributed by atoms with Gasteiger partial charge in [-0.3, -0.25) is 4.79 Å². The van der Waals surface area contributed by atoms with Crippen LogP contribution in [0.1, 0.15) is 24.5 Å². The number of nitrogens with zero attached hydrogens (tertiary/aromatic N) is 1. The maximum atomic E-state index is 14.3. The predicted octanol–water partition coefficient (Wildman–Crippen LogP) is 4.72. The minimum absolute atomic E-state index is 0.0665. The van der Waals surface area contributed by atoms with Crippen molar-refractivity contribution in [2.24, 2.45) is 0 Å². The highest BCUT2D eigenvalue weighted by molar-refractivity contribution is 6.07. The smallest absolute Gasteiger partial charge is 0.307 e. The lowest BCUT2D eigenvalue weighted by Gasteiger charge is -2.25. The van der Waals surface area contributed by atoms with E-state index in [-0.39, 0.29) is 12.2 Å². The lowest BCUT2D eigenvalue weighted by molar-refractivity contribution is -0.155. The SMILES string of the molecule is CC1(CC(F)(F)F)C(=O)N(Cc2ccccc2)c2cc(F)cc(F)c21. The van der Waals surface area contributed by atoms with Crippen LogP contribution in [0.2, 0.25) is 0 Å². The standard InChI is InChI=1S/C18H14F5NO/c1-17(10-18(21,22)23)15-13(20)7-12(19)8-14(15)24(16(17)25)9-11-5-3-2-4-6-11/h2-8H,9-10H2,1H3. The molecule has 3 rings (SSSR count). The van der Waals surface area contributed by atoms with Gasteiger partial charge in [0, 0.05) is 11.6 Å². The molecule has 0 aliphatic carbocycles. The molecule has 1 unspecified atom stereocenters. The Morgan fingerprint density at radius 2 is 1.72 bits per heavy atom. The lowest BCUT2D eigenvalue weighted by Crippen LogP contribution is -2.41. The third-order valence-electron chi connectivity index (χ3n) is 4.33. The fourth-order valence-electron chi connectivity index (χ4n) is 3.32. The van der Waals surface area contributed by atoms with Gasteiger partial charge >= 0.3 is 6.18 Å². The van der Waals surface area contributed by atoms with Crippen LogP contribution in [-0.4, -0.2) is 12.1 Å². The third-order valence-corrected chi connectivity index (χ3v) is 4.33. The minimum Gasteiger partial charge on any atom is -0.307 e. The van der Waals surface area contributed by atoms with Gasteiger partial charge < -0.3 is 4.90 Å². The summed E-state index contributed by atoms with van der Waals surface area (Å²) in [7, 11) is 0. The van der Waals surface area contributed by atoms with E-state index in [1.807, 2.05) is 0 Å². The van der Waals surface area contributed by atoms with Crippen LogP contribution in [-0.2, 0) is 16.8 Å². The van der Waals surface area contributed by atoms with Gasteiger partial charge in [0.25, 0.3) is 0 Å². The van der Waals surface area contributed by atoms with E-state index in [1.54, 1.807) is 30.3 Å². The molecule has 0 spiro atoms. The molecule has 2 aromatic rings. The molecule has 0 aromatic heterocycles. The number of anilines is 1. The highest BCUT2D eigenvalue weighted by Crippen LogP contribution is 2.49. The van der Waals surface area contributed by atoms with Crippen molar-refractivity contribution in [3.05, 3.63) is 65.2 Å². The Morgan fingerprint density at radius 3 is 2.32 bits per heavy atom. The number of carbonyl (C=O) groups excluding carboxylic acids is 1. The van der Waals surface area contributed by atoms with E-state index in [4.69, 9.17) is 0 Å². The summed E-state index contributed by atoms with van der Waals surface area (Å²) in [6.07, 6.45) is -6.19. The second-order valence-corrected chi connectivity index (χ2v) is 6.28. The summed E-state index contributed by atoms with van der Waals surface area (Å²) in [5.41, 5.74) is -2.05. The van der Waals surface area contributed by atoms with Crippen molar-refractivity contribution in [3.63, 3.8) is 0 Å². The molecule has 1 aliphatic heterocycles. The number of carbonyl (C=O) groups is 1. The Kier molecular flexibility index (Phi) is 4.05. The van der Waals surface area contributed by atoms with E-state index < -0.39 is 41.1 Å². The van der Waals surface area contributed by atoms with Crippen LogP contribution in [0.25, 0.3) is 0 Å². The predicted molar refractivity (Wildman–Crippen MR) is 82.0 cm³/mol. The summed E-state index contributed by atoms with van der Waals surface area (Å²) in [6.45, 7) is 0.983. The molecule has 25 heavy (non-hydrogen) atoms. The van der Waals surface area contributed by atoms with Gasteiger partial charge in [-0.15, -0.1) is 0 Å². The average Bonchev–Trinajstić information content (AvgIpc) is 2.68. The molecule has 2 aromatic carbocycles. The number of amides is 1. The van der Waals surface area contributed by atoms with E-state index >= 15 is 0 Å². The number of hydrogen-bond acceptors (Lipinski definition) is 1. The van der Waals surface area contributed by atoms with Crippen LogP contribution in [0.5, 0.6) is 0 Å². The van der Waals surface area contributed by atoms with Crippen LogP contribution < -0.4 is 4.90 Å². The van der Waals surface area contributed by atoms with Gasteiger partial charge in [-0.2, -0.15) is 13.2 Å². The Bertz CT molecular complexity index is 818. The van der Waals surface area contributed by atoms with Gasteiger partial charge in [-0.1, -0.05) is 30.3 Å². The van der Waals surface area contributed by atoms with Crippen LogP contribution in [0.15, 0.2) is 42.5 Å². The van der Waals surface area contributed by atoms with Crippen molar-refractivity contribution in [1.29, 1.82) is 0 Å². The second-order valence-electron chi connectivity index (χ2n) is 6.28. The number of hydrogen-bond donors (Lipinski definition) is 0. The Balaban J connectivity index is 2.12. The van der Waals surface area contributed by atoms with E-state index in [0.717, 1.165) is 17.9 Å². The molecule has 0 N–H and O–H groups in total. The normalized spacial score (nSPS) is 20.1. The van der Waals surface area contributed by atoms with Crippen molar-refractivity contribution in [2.45, 2.75) is 31.5 Å². The Labute approximate surface area is 140 Å². The summed E-state index contributed by atoms with van der Waals surface area (Å²) in [6, 6.07) is 9.93. The molecule has 0 bridgehead atoms. The van der Waals surface area contributed by atoms with Gasteiger partial charge in [0.1, 0.15) is 11.6 Å². The maximum absolute atomic E-state index is 14.3. The van der Waals surface area contributed by atoms with E-state index in [2.05, 4.69) is 0 Å². The lowest BCUT2D eigenvalue weighted by atomic mass is 9.80. The van der Waals surface area contributed by atoms with Gasteiger partial charge in [0.15, 0.2) is 0 Å². The summed E-state index contributed by atoms with van der Waals surface area (Å²) < 4.78 is 67.0. The first-order chi connectivity index (χ1) is 11.6. The molecule has 2 nitrogen and oxygen atoms in total. The van der Waals surface area contributed by atoms with E-state index in [1.165, 1.54) is 0 Å². The third kappa shape index (κ3) is 3.10. The summed E-state index contributed by atoms with van der Waals surface area (Å²) in [5, 5.41) is 0. The zero-order chi connectivity index (χ0) is 18.4. The molecule has 1 aliphatic rings. The first-order valence-corrected chi connectivity index (χ1v) is 7.54. The molecule has 7 heteroatoms. The number of benzene rings is 2. The van der Waals surface area contributed by atoms with E-state index in [9.17, 15) is 26.7 Å². The molecule has 1 heterocycles. The topological polar surface area (TPSA) is 20.3 Å². The Morgan fingerprint density at radius 1 is 1.08 bits per heavy atom. The molecule has 1 atom stereocenters. The summed E-state index contributed by atoms with van der Waals surface area (Å²) in [4.78, 5) is 13.8.